The first kappa shape index (κ1) is 64.4. The first-order chi connectivity index (χ1) is 52.2. The fraction of sp³-hybridized carbons (Fsp3) is 0.0800. The maximum Gasteiger partial charge on any atom is 0.252 e. The second-order valence-electron chi connectivity index (χ2n) is 30.7. The van der Waals surface area contributed by atoms with Crippen molar-refractivity contribution in [2.75, 3.05) is 9.80 Å². The molecule has 4 heterocycles. The highest BCUT2D eigenvalue weighted by Gasteiger charge is 2.46. The first-order valence-electron chi connectivity index (χ1n) is 36.9. The Hall–Kier alpha value is -13.5. The van der Waals surface area contributed by atoms with Crippen LogP contribution in [0, 0.1) is 17.9 Å². The standard InChI is InChI=1S/C100H73BN6/c1-99(2,3)74-35-23-33-70(53-74)83-56-69(68-32-25-37-76(55-68)103-7)46-51-92(83)106-93-61-77(104-88-42-18-14-38-79(88)80-39-15-19-43-89(80)104)47-49-86(93)101-87-50-48-78(105-90-44-20-16-40-81(90)82-41-17-21-45-91(82)105)62-94(87)107(96-60-73(59-95(106)97(96)101)65-27-10-8-11-28-65)98-84(66-29-12-9-13-30-66)57-72(67-31-22-26-64(52-67)63-102)58-85(98)71-34-24-36-75(54-71)100(4,5)6/h8-62H,1-6H3. The summed E-state index contributed by atoms with van der Waals surface area (Å²) in [7, 11) is 0. The molecule has 0 aliphatic carbocycles. The zero-order valence-corrected chi connectivity index (χ0v) is 60.5. The number of nitrogens with zero attached hydrogens (tertiary/aromatic N) is 6. The average Bonchev–Trinajstić information content (AvgIpc) is 0.849. The molecule has 6 nitrogen and oxygen atoms in total. The molecule has 2 aliphatic rings. The summed E-state index contributed by atoms with van der Waals surface area (Å²) < 4.78 is 4.93. The summed E-state index contributed by atoms with van der Waals surface area (Å²) in [4.78, 5) is 9.20. The number of rotatable bonds is 10. The topological polar surface area (TPSA) is 44.5 Å². The Balaban J connectivity index is 0.994. The van der Waals surface area contributed by atoms with Crippen LogP contribution in [0.25, 0.3) is 127 Å². The van der Waals surface area contributed by atoms with Crippen LogP contribution in [-0.2, 0) is 10.8 Å². The zero-order chi connectivity index (χ0) is 72.4. The molecule has 0 fully saturated rings. The minimum absolute atomic E-state index is 0.161. The monoisotopic (exact) mass is 1370 g/mol. The molecule has 17 aromatic rings. The molecule has 7 heteroatoms. The third kappa shape index (κ3) is 10.8. The van der Waals surface area contributed by atoms with Gasteiger partial charge in [0.15, 0.2) is 5.69 Å². The van der Waals surface area contributed by atoms with Crippen molar-refractivity contribution in [3.05, 3.63) is 362 Å². The summed E-state index contributed by atoms with van der Waals surface area (Å²) in [5, 5.41) is 15.3. The van der Waals surface area contributed by atoms with Gasteiger partial charge in [-0.1, -0.05) is 272 Å². The van der Waals surface area contributed by atoms with Crippen molar-refractivity contribution in [1.82, 2.24) is 9.13 Å². The number of aromatic nitrogens is 2. The number of benzene rings is 15. The lowest BCUT2D eigenvalue weighted by atomic mass is 9.33. The molecule has 0 saturated heterocycles. The van der Waals surface area contributed by atoms with E-state index in [1.54, 1.807) is 0 Å². The Kier molecular flexibility index (Phi) is 15.1. The summed E-state index contributed by atoms with van der Waals surface area (Å²) in [6.45, 7) is 21.6. The molecule has 0 amide bonds. The molecule has 0 radical (unpaired) electrons. The molecule has 107 heavy (non-hydrogen) atoms. The third-order valence-corrected chi connectivity index (χ3v) is 22.2. The van der Waals surface area contributed by atoms with Gasteiger partial charge in [0.1, 0.15) is 0 Å². The SMILES string of the molecule is [C-]#[N+]c1cccc(-c2ccc(N3c4cc(-n5c6ccccc6c6ccccc65)ccc4B4c5ccc(-n6c7ccccc7c7ccccc76)cc5N(c5c(-c6ccccc6)cc(-c6cccc(C#N)c6)cc5-c5cccc(C(C)(C)C)c5)c5cc(-c6ccccc6)cc3c54)c(-c3cccc(C(C)(C)C)c3)c2)c1. The lowest BCUT2D eigenvalue weighted by Crippen LogP contribution is -2.61. The van der Waals surface area contributed by atoms with E-state index in [0.717, 1.165) is 140 Å². The quantitative estimate of drug-likeness (QED) is 0.101. The van der Waals surface area contributed by atoms with Crippen LogP contribution in [0.3, 0.4) is 0 Å². The van der Waals surface area contributed by atoms with Crippen LogP contribution >= 0.6 is 0 Å². The van der Waals surface area contributed by atoms with Gasteiger partial charge in [0.2, 0.25) is 0 Å². The normalized spacial score (nSPS) is 12.5. The molecule has 19 rings (SSSR count). The number of hydrogen-bond acceptors (Lipinski definition) is 3. The summed E-state index contributed by atoms with van der Waals surface area (Å²) in [5.74, 6) is 0. The average molecular weight is 1370 g/mol. The summed E-state index contributed by atoms with van der Waals surface area (Å²) in [5.41, 5.74) is 32.1. The molecular weight excluding hydrogens is 1300 g/mol. The van der Waals surface area contributed by atoms with E-state index in [1.807, 2.05) is 36.4 Å². The number of nitriles is 1. The van der Waals surface area contributed by atoms with Crippen molar-refractivity contribution in [3.8, 4) is 84.2 Å². The van der Waals surface area contributed by atoms with Gasteiger partial charge < -0.3 is 18.9 Å². The Morgan fingerprint density at radius 3 is 1.27 bits per heavy atom. The third-order valence-electron chi connectivity index (χ3n) is 22.2. The van der Waals surface area contributed by atoms with E-state index in [-0.39, 0.29) is 17.5 Å². The van der Waals surface area contributed by atoms with Crippen LogP contribution in [0.1, 0.15) is 58.2 Å². The highest BCUT2D eigenvalue weighted by Crippen LogP contribution is 2.55. The van der Waals surface area contributed by atoms with Gasteiger partial charge in [-0.15, -0.1) is 0 Å². The van der Waals surface area contributed by atoms with Crippen molar-refractivity contribution in [2.45, 2.75) is 52.4 Å². The molecule has 2 aliphatic heterocycles. The molecule has 0 N–H and O–H groups in total. The lowest BCUT2D eigenvalue weighted by Gasteiger charge is -2.46. The van der Waals surface area contributed by atoms with E-state index in [0.29, 0.717) is 11.3 Å². The van der Waals surface area contributed by atoms with Crippen LogP contribution in [0.2, 0.25) is 0 Å². The molecule has 0 atom stereocenters. The lowest BCUT2D eigenvalue weighted by molar-refractivity contribution is 0.590. The molecule has 2 aromatic heterocycles. The van der Waals surface area contributed by atoms with Gasteiger partial charge in [-0.2, -0.15) is 5.26 Å². The molecule has 0 saturated carbocycles. The van der Waals surface area contributed by atoms with E-state index in [9.17, 15) is 5.26 Å². The van der Waals surface area contributed by atoms with Crippen molar-refractivity contribution in [1.29, 1.82) is 5.26 Å². The highest BCUT2D eigenvalue weighted by atomic mass is 15.2. The Labute approximate surface area is 625 Å². The van der Waals surface area contributed by atoms with E-state index in [2.05, 4.69) is 369 Å². The fourth-order valence-corrected chi connectivity index (χ4v) is 17.0. The smallest absolute Gasteiger partial charge is 0.252 e. The first-order valence-corrected chi connectivity index (χ1v) is 36.9. The maximum atomic E-state index is 10.6. The second-order valence-corrected chi connectivity index (χ2v) is 30.7. The Morgan fingerprint density at radius 1 is 0.318 bits per heavy atom. The predicted octanol–water partition coefficient (Wildman–Crippen LogP) is 25.0. The molecule has 0 bridgehead atoms. The molecule has 506 valence electrons. The van der Waals surface area contributed by atoms with Crippen molar-refractivity contribution in [2.24, 2.45) is 0 Å². The number of hydrogen-bond donors (Lipinski definition) is 0. The molecule has 15 aromatic carbocycles. The van der Waals surface area contributed by atoms with Gasteiger partial charge in [0.05, 0.1) is 51.6 Å². The largest absolute Gasteiger partial charge is 0.311 e. The van der Waals surface area contributed by atoms with Gasteiger partial charge >= 0.3 is 0 Å². The van der Waals surface area contributed by atoms with E-state index >= 15 is 0 Å². The van der Waals surface area contributed by atoms with Crippen LogP contribution in [0.4, 0.5) is 39.8 Å². The van der Waals surface area contributed by atoms with Crippen molar-refractivity contribution in [3.63, 3.8) is 0 Å². The minimum Gasteiger partial charge on any atom is -0.311 e. The fourth-order valence-electron chi connectivity index (χ4n) is 17.0. The maximum absolute atomic E-state index is 10.6. The summed E-state index contributed by atoms with van der Waals surface area (Å²) in [6.07, 6.45) is 0. The molecule has 0 unspecified atom stereocenters. The van der Waals surface area contributed by atoms with Crippen molar-refractivity contribution < 1.29 is 0 Å². The summed E-state index contributed by atoms with van der Waals surface area (Å²) >= 11 is 0. The van der Waals surface area contributed by atoms with Gasteiger partial charge in [0, 0.05) is 72.4 Å². The van der Waals surface area contributed by atoms with Crippen LogP contribution in [0.15, 0.2) is 334 Å². The summed E-state index contributed by atoms with van der Waals surface area (Å²) in [6, 6.07) is 125. The van der Waals surface area contributed by atoms with Gasteiger partial charge in [-0.25, -0.2) is 4.85 Å². The molecular formula is C100H73BN6. The van der Waals surface area contributed by atoms with Gasteiger partial charge in [0.25, 0.3) is 6.71 Å². The van der Waals surface area contributed by atoms with Crippen LogP contribution in [0.5, 0.6) is 0 Å². The Bertz CT molecular complexity index is 6480. The Morgan fingerprint density at radius 2 is 0.738 bits per heavy atom. The molecule has 0 spiro atoms. The minimum atomic E-state index is -0.314. The van der Waals surface area contributed by atoms with Crippen LogP contribution < -0.4 is 26.2 Å². The number of fused-ring (bicyclic) bond motifs is 10. The van der Waals surface area contributed by atoms with Crippen molar-refractivity contribution >= 4 is 107 Å². The predicted molar refractivity (Wildman–Crippen MR) is 450 cm³/mol. The number of anilines is 6. The highest BCUT2D eigenvalue weighted by molar-refractivity contribution is 7.00. The van der Waals surface area contributed by atoms with Gasteiger partial charge in [-0.3, -0.25) is 0 Å². The number of para-hydroxylation sites is 4. The second kappa shape index (κ2) is 25.2. The van der Waals surface area contributed by atoms with E-state index in [1.165, 1.54) is 43.6 Å². The van der Waals surface area contributed by atoms with E-state index < -0.39 is 0 Å². The van der Waals surface area contributed by atoms with E-state index in [4.69, 9.17) is 6.57 Å². The van der Waals surface area contributed by atoms with Gasteiger partial charge in [-0.05, 0) is 192 Å². The zero-order valence-electron chi connectivity index (χ0n) is 60.5. The van der Waals surface area contributed by atoms with Crippen LogP contribution in [-0.4, -0.2) is 15.8 Å².